The van der Waals surface area contributed by atoms with Crippen molar-refractivity contribution in [3.8, 4) is 0 Å². The first kappa shape index (κ1) is 17.1. The Hall–Kier alpha value is -1.38. The van der Waals surface area contributed by atoms with Crippen molar-refractivity contribution in [3.63, 3.8) is 0 Å². The second kappa shape index (κ2) is 5.56. The Morgan fingerprint density at radius 1 is 1.16 bits per heavy atom. The van der Waals surface area contributed by atoms with E-state index in [-0.39, 0.29) is 16.8 Å². The molecule has 0 heterocycles. The predicted octanol–water partition coefficient (Wildman–Crippen LogP) is 4.82. The van der Waals surface area contributed by atoms with Crippen molar-refractivity contribution < 1.29 is 14.3 Å². The number of Topliss-reactive ketones (excluding diaryl/α,β-unsaturated/α-hetero) is 1. The van der Waals surface area contributed by atoms with E-state index in [1.165, 1.54) is 18.9 Å². The smallest absolute Gasteiger partial charge is 0.308 e. The minimum Gasteiger partial charge on any atom is -0.427 e. The summed E-state index contributed by atoms with van der Waals surface area (Å²) in [5, 5.41) is 0. The molecule has 25 heavy (non-hydrogen) atoms. The Balaban J connectivity index is 1.67. The van der Waals surface area contributed by atoms with E-state index in [4.69, 9.17) is 4.74 Å². The van der Waals surface area contributed by atoms with E-state index in [1.807, 2.05) is 0 Å². The summed E-state index contributed by atoms with van der Waals surface area (Å²) in [5.41, 5.74) is 1.53. The van der Waals surface area contributed by atoms with Gasteiger partial charge in [-0.1, -0.05) is 26.3 Å². The van der Waals surface area contributed by atoms with Gasteiger partial charge >= 0.3 is 5.97 Å². The number of ketones is 1. The summed E-state index contributed by atoms with van der Waals surface area (Å²) in [5.74, 6) is 3.23. The third-order valence-corrected chi connectivity index (χ3v) is 8.29. The van der Waals surface area contributed by atoms with Crippen molar-refractivity contribution in [2.45, 2.75) is 66.2 Å². The maximum atomic E-state index is 12.5. The fourth-order valence-corrected chi connectivity index (χ4v) is 6.76. The maximum absolute atomic E-state index is 12.5. The van der Waals surface area contributed by atoms with E-state index in [1.54, 1.807) is 0 Å². The summed E-state index contributed by atoms with van der Waals surface area (Å²) in [6.07, 6.45) is 10.6. The monoisotopic (exact) mass is 342 g/mol. The molecule has 0 spiro atoms. The molecular weight excluding hydrogens is 312 g/mol. The Morgan fingerprint density at radius 3 is 2.64 bits per heavy atom. The highest BCUT2D eigenvalue weighted by atomic mass is 16.5. The van der Waals surface area contributed by atoms with E-state index in [0.29, 0.717) is 29.5 Å². The SMILES string of the molecule is CC(=O)OC1=C[C@H](C)[C@@]2(C)C(=C1)CCC1C2CC[C@]2(C)C(=O)CCC12. The molecule has 0 bridgehead atoms. The lowest BCUT2D eigenvalue weighted by atomic mass is 9.46. The van der Waals surface area contributed by atoms with Gasteiger partial charge in [-0.25, -0.2) is 0 Å². The van der Waals surface area contributed by atoms with Crippen LogP contribution in [-0.2, 0) is 14.3 Å². The minimum absolute atomic E-state index is 0.0601. The van der Waals surface area contributed by atoms with Crippen LogP contribution in [0.1, 0.15) is 66.2 Å². The lowest BCUT2D eigenvalue weighted by Gasteiger charge is -2.58. The van der Waals surface area contributed by atoms with Crippen LogP contribution in [-0.4, -0.2) is 11.8 Å². The maximum Gasteiger partial charge on any atom is 0.308 e. The average molecular weight is 342 g/mol. The Labute approximate surface area is 150 Å². The quantitative estimate of drug-likeness (QED) is 0.642. The van der Waals surface area contributed by atoms with Crippen molar-refractivity contribution in [1.82, 2.24) is 0 Å². The first-order chi connectivity index (χ1) is 11.8. The molecule has 136 valence electrons. The first-order valence-corrected chi connectivity index (χ1v) is 9.91. The van der Waals surface area contributed by atoms with Gasteiger partial charge in [0, 0.05) is 18.8 Å². The van der Waals surface area contributed by atoms with Crippen molar-refractivity contribution >= 4 is 11.8 Å². The van der Waals surface area contributed by atoms with Crippen LogP contribution in [0.15, 0.2) is 23.5 Å². The summed E-state index contributed by atoms with van der Waals surface area (Å²) >= 11 is 0. The highest BCUT2D eigenvalue weighted by molar-refractivity contribution is 5.87. The van der Waals surface area contributed by atoms with Crippen LogP contribution in [0, 0.1) is 34.5 Å². The second-order valence-electron chi connectivity index (χ2n) is 9.24. The third-order valence-electron chi connectivity index (χ3n) is 8.29. The van der Waals surface area contributed by atoms with Crippen LogP contribution < -0.4 is 0 Å². The normalized spacial score (nSPS) is 45.7. The zero-order valence-corrected chi connectivity index (χ0v) is 15.9. The van der Waals surface area contributed by atoms with E-state index < -0.39 is 0 Å². The molecule has 4 aliphatic carbocycles. The van der Waals surface area contributed by atoms with Crippen molar-refractivity contribution in [3.05, 3.63) is 23.5 Å². The summed E-state index contributed by atoms with van der Waals surface area (Å²) in [7, 11) is 0. The molecule has 0 radical (unpaired) electrons. The van der Waals surface area contributed by atoms with Gasteiger partial charge in [-0.2, -0.15) is 0 Å². The van der Waals surface area contributed by atoms with Crippen LogP contribution in [0.4, 0.5) is 0 Å². The van der Waals surface area contributed by atoms with Crippen molar-refractivity contribution in [1.29, 1.82) is 0 Å². The molecule has 0 amide bonds. The molecule has 4 rings (SSSR count). The molecule has 0 N–H and O–H groups in total. The predicted molar refractivity (Wildman–Crippen MR) is 96.5 cm³/mol. The summed E-state index contributed by atoms with van der Waals surface area (Å²) in [6.45, 7) is 8.39. The lowest BCUT2D eigenvalue weighted by Crippen LogP contribution is -2.52. The molecule has 3 fully saturated rings. The molecular formula is C22H30O3. The van der Waals surface area contributed by atoms with E-state index >= 15 is 0 Å². The topological polar surface area (TPSA) is 43.4 Å². The standard InChI is InChI=1S/C22H30O3/c1-13-11-16(25-14(2)23)12-15-5-6-17-18-7-8-20(24)21(18,3)10-9-19(17)22(13,15)4/h11-13,17-19H,5-10H2,1-4H3/t13-,17?,18?,19?,21-,22-/m0/s1. The van der Waals surface area contributed by atoms with Gasteiger partial charge in [-0.15, -0.1) is 0 Å². The van der Waals surface area contributed by atoms with Gasteiger partial charge in [0.05, 0.1) is 0 Å². The molecule has 6 atom stereocenters. The average Bonchev–Trinajstić information content (AvgIpc) is 2.84. The molecule has 0 aromatic rings. The molecule has 3 saturated carbocycles. The molecule has 0 aromatic heterocycles. The lowest BCUT2D eigenvalue weighted by molar-refractivity contribution is -0.136. The first-order valence-electron chi connectivity index (χ1n) is 9.91. The van der Waals surface area contributed by atoms with Gasteiger partial charge in [0.2, 0.25) is 0 Å². The number of rotatable bonds is 1. The fraction of sp³-hybridized carbons (Fsp3) is 0.727. The van der Waals surface area contributed by atoms with Gasteiger partial charge in [0.25, 0.3) is 0 Å². The molecule has 3 unspecified atom stereocenters. The highest BCUT2D eigenvalue weighted by Crippen LogP contribution is 2.65. The minimum atomic E-state index is -0.245. The molecule has 4 aliphatic rings. The van der Waals surface area contributed by atoms with Crippen LogP contribution in [0.25, 0.3) is 0 Å². The zero-order valence-electron chi connectivity index (χ0n) is 15.9. The van der Waals surface area contributed by atoms with Gasteiger partial charge in [-0.3, -0.25) is 9.59 Å². The van der Waals surface area contributed by atoms with E-state index in [9.17, 15) is 9.59 Å². The molecule has 0 aliphatic heterocycles. The number of allylic oxidation sites excluding steroid dienone is 3. The van der Waals surface area contributed by atoms with Crippen LogP contribution in [0.2, 0.25) is 0 Å². The second-order valence-corrected chi connectivity index (χ2v) is 9.24. The van der Waals surface area contributed by atoms with Gasteiger partial charge in [0.15, 0.2) is 0 Å². The largest absolute Gasteiger partial charge is 0.427 e. The van der Waals surface area contributed by atoms with Gasteiger partial charge < -0.3 is 4.74 Å². The van der Waals surface area contributed by atoms with E-state index in [0.717, 1.165) is 37.9 Å². The molecule has 0 saturated heterocycles. The summed E-state index contributed by atoms with van der Waals surface area (Å²) in [4.78, 5) is 23.9. The van der Waals surface area contributed by atoms with E-state index in [2.05, 4.69) is 32.9 Å². The number of hydrogen-bond acceptors (Lipinski definition) is 3. The summed E-state index contributed by atoms with van der Waals surface area (Å²) in [6, 6.07) is 0. The van der Waals surface area contributed by atoms with Crippen LogP contribution in [0.5, 0.6) is 0 Å². The Morgan fingerprint density at radius 2 is 1.92 bits per heavy atom. The van der Waals surface area contributed by atoms with Crippen LogP contribution in [0.3, 0.4) is 0 Å². The number of carbonyl (C=O) groups is 2. The third kappa shape index (κ3) is 2.30. The highest BCUT2D eigenvalue weighted by Gasteiger charge is 2.59. The zero-order chi connectivity index (χ0) is 18.0. The van der Waals surface area contributed by atoms with Crippen LogP contribution >= 0.6 is 0 Å². The molecule has 3 nitrogen and oxygen atoms in total. The Kier molecular flexibility index (Phi) is 3.79. The van der Waals surface area contributed by atoms with Gasteiger partial charge in [0.1, 0.15) is 11.5 Å². The number of fused-ring (bicyclic) bond motifs is 5. The summed E-state index contributed by atoms with van der Waals surface area (Å²) < 4.78 is 5.39. The number of ether oxygens (including phenoxy) is 1. The number of esters is 1. The van der Waals surface area contributed by atoms with Crippen molar-refractivity contribution in [2.24, 2.45) is 34.5 Å². The Bertz CT molecular complexity index is 687. The number of hydrogen-bond donors (Lipinski definition) is 0. The number of carbonyl (C=O) groups excluding carboxylic acids is 2. The van der Waals surface area contributed by atoms with Crippen molar-refractivity contribution in [2.75, 3.05) is 0 Å². The fourth-order valence-electron chi connectivity index (χ4n) is 6.76. The van der Waals surface area contributed by atoms with Gasteiger partial charge in [-0.05, 0) is 73.3 Å². The molecule has 3 heteroatoms. The molecule has 0 aromatic carbocycles.